The lowest BCUT2D eigenvalue weighted by Crippen LogP contribution is -2.42. The Morgan fingerprint density at radius 3 is 2.62 bits per heavy atom. The van der Waals surface area contributed by atoms with E-state index in [1.807, 2.05) is 32.6 Å². The third-order valence-electron chi connectivity index (χ3n) is 6.01. The first-order valence-electron chi connectivity index (χ1n) is 11.1. The van der Waals surface area contributed by atoms with E-state index in [-0.39, 0.29) is 34.2 Å². The molecule has 3 atom stereocenters. The first-order valence-corrected chi connectivity index (χ1v) is 13.4. The molecule has 2 aromatic rings. The lowest BCUT2D eigenvalue weighted by Gasteiger charge is -2.28. The summed E-state index contributed by atoms with van der Waals surface area (Å²) < 4.78 is 35.4. The number of rotatable bonds is 5. The summed E-state index contributed by atoms with van der Waals surface area (Å²) in [6.45, 7) is 7.40. The fourth-order valence-electron chi connectivity index (χ4n) is 4.44. The number of nitrogens with one attached hydrogen (secondary N) is 1. The second kappa shape index (κ2) is 8.88. The Morgan fingerprint density at radius 1 is 1.24 bits per heavy atom. The lowest BCUT2D eigenvalue weighted by molar-refractivity contribution is 0.0180. The highest BCUT2D eigenvalue weighted by atomic mass is 35.5. The molecule has 0 aliphatic carbocycles. The van der Waals surface area contributed by atoms with Gasteiger partial charge in [-0.3, -0.25) is 4.90 Å². The number of hydrogen-bond acceptors (Lipinski definition) is 8. The minimum atomic E-state index is -3.36. The Kier molecular flexibility index (Phi) is 6.41. The van der Waals surface area contributed by atoms with Crippen LogP contribution < -0.4 is 10.1 Å². The van der Waals surface area contributed by atoms with Gasteiger partial charge in [0.2, 0.25) is 5.88 Å². The van der Waals surface area contributed by atoms with E-state index in [0.29, 0.717) is 22.9 Å². The van der Waals surface area contributed by atoms with Crippen molar-refractivity contribution in [3.8, 4) is 5.88 Å². The van der Waals surface area contributed by atoms with Gasteiger partial charge in [-0.15, -0.1) is 0 Å². The Bertz CT molecular complexity index is 1210. The molecule has 3 heterocycles. The molecule has 1 aromatic heterocycles. The van der Waals surface area contributed by atoms with E-state index in [2.05, 4.69) is 15.3 Å². The van der Waals surface area contributed by atoms with E-state index in [4.69, 9.17) is 21.1 Å². The third kappa shape index (κ3) is 5.07. The summed E-state index contributed by atoms with van der Waals surface area (Å²) in [5.41, 5.74) is 0.635. The zero-order chi connectivity index (χ0) is 24.8. The number of anilines is 2. The zero-order valence-electron chi connectivity index (χ0n) is 19.8. The molecule has 2 unspecified atom stereocenters. The molecule has 2 fully saturated rings. The van der Waals surface area contributed by atoms with Crippen molar-refractivity contribution in [1.82, 2.24) is 14.9 Å². The number of carbonyl (C=O) groups excluding carboxylic acids is 1. The van der Waals surface area contributed by atoms with E-state index < -0.39 is 15.4 Å². The largest absolute Gasteiger partial charge is 0.472 e. The normalized spacial score (nSPS) is 22.1. The number of nitrogens with zero attached hydrogens (tertiary/aromatic N) is 3. The maximum atomic E-state index is 12.7. The van der Waals surface area contributed by atoms with Crippen LogP contribution in [0.4, 0.5) is 16.3 Å². The molecule has 4 rings (SSSR count). The number of aromatic nitrogens is 2. The fraction of sp³-hybridized carbons (Fsp3) is 0.522. The standard InChI is InChI=1S/C23H29ClN4O5S/c1-13-20(27-17-8-7-15(11-16(17)24)34(5,30)31)25-12-26-21(13)32-19-10-14-6-9-18(19)28(14)22(29)33-23(2,3)4/h7-8,11-12,14,18-19H,6,9-10H2,1-5H3,(H,25,26,27)/t14?,18?,19-/m0/s1. The van der Waals surface area contributed by atoms with Crippen LogP contribution in [-0.2, 0) is 14.6 Å². The van der Waals surface area contributed by atoms with Crippen molar-refractivity contribution in [2.24, 2.45) is 0 Å². The van der Waals surface area contributed by atoms with Gasteiger partial charge in [0.1, 0.15) is 23.9 Å². The van der Waals surface area contributed by atoms with E-state index in [1.54, 1.807) is 6.07 Å². The highest BCUT2D eigenvalue weighted by Crippen LogP contribution is 2.41. The summed E-state index contributed by atoms with van der Waals surface area (Å²) in [6.07, 6.45) is 4.53. The summed E-state index contributed by atoms with van der Waals surface area (Å²) in [6, 6.07) is 4.50. The van der Waals surface area contributed by atoms with Crippen LogP contribution in [0.5, 0.6) is 5.88 Å². The summed E-state index contributed by atoms with van der Waals surface area (Å²) in [4.78, 5) is 23.3. The topological polar surface area (TPSA) is 111 Å². The van der Waals surface area contributed by atoms with Crippen LogP contribution in [0.25, 0.3) is 0 Å². The third-order valence-corrected chi connectivity index (χ3v) is 7.43. The highest BCUT2D eigenvalue weighted by molar-refractivity contribution is 7.90. The molecule has 34 heavy (non-hydrogen) atoms. The zero-order valence-corrected chi connectivity index (χ0v) is 21.4. The first-order chi connectivity index (χ1) is 15.8. The minimum Gasteiger partial charge on any atom is -0.472 e. The average Bonchev–Trinajstić information content (AvgIpc) is 3.28. The van der Waals surface area contributed by atoms with Crippen molar-refractivity contribution in [3.05, 3.63) is 35.1 Å². The summed E-state index contributed by atoms with van der Waals surface area (Å²) >= 11 is 6.30. The molecular formula is C23H29ClN4O5S. The van der Waals surface area contributed by atoms with Crippen molar-refractivity contribution in [1.29, 1.82) is 0 Å². The monoisotopic (exact) mass is 508 g/mol. The lowest BCUT2D eigenvalue weighted by atomic mass is 9.98. The number of benzene rings is 1. The molecular weight excluding hydrogens is 480 g/mol. The summed E-state index contributed by atoms with van der Waals surface area (Å²) in [7, 11) is -3.36. The molecule has 9 nitrogen and oxygen atoms in total. The van der Waals surface area contributed by atoms with Crippen molar-refractivity contribution in [2.75, 3.05) is 11.6 Å². The number of amides is 1. The molecule has 2 saturated heterocycles. The van der Waals surface area contributed by atoms with Gasteiger partial charge in [0.15, 0.2) is 9.84 Å². The predicted octanol–water partition coefficient (Wildman–Crippen LogP) is 4.50. The number of ether oxygens (including phenoxy) is 2. The Hall–Kier alpha value is -2.59. The molecule has 1 N–H and O–H groups in total. The maximum Gasteiger partial charge on any atom is 0.410 e. The van der Waals surface area contributed by atoms with Crippen LogP contribution in [0.15, 0.2) is 29.4 Å². The molecule has 0 radical (unpaired) electrons. The number of carbonyl (C=O) groups is 1. The second-order valence-corrected chi connectivity index (χ2v) is 12.2. The smallest absolute Gasteiger partial charge is 0.410 e. The van der Waals surface area contributed by atoms with Gasteiger partial charge in [0.05, 0.1) is 27.2 Å². The highest BCUT2D eigenvalue weighted by Gasteiger charge is 2.51. The molecule has 11 heteroatoms. The van der Waals surface area contributed by atoms with Gasteiger partial charge < -0.3 is 14.8 Å². The van der Waals surface area contributed by atoms with Crippen LogP contribution in [-0.4, -0.2) is 59.4 Å². The molecule has 0 spiro atoms. The van der Waals surface area contributed by atoms with E-state index in [1.165, 1.54) is 18.5 Å². The Morgan fingerprint density at radius 2 is 1.97 bits per heavy atom. The van der Waals surface area contributed by atoms with Crippen molar-refractivity contribution >= 4 is 39.0 Å². The summed E-state index contributed by atoms with van der Waals surface area (Å²) in [5.74, 6) is 0.911. The van der Waals surface area contributed by atoms with E-state index in [0.717, 1.165) is 25.5 Å². The van der Waals surface area contributed by atoms with E-state index in [9.17, 15) is 13.2 Å². The number of hydrogen-bond donors (Lipinski definition) is 1. The van der Waals surface area contributed by atoms with Gasteiger partial charge in [-0.05, 0) is 58.7 Å². The molecule has 0 saturated carbocycles. The molecule has 184 valence electrons. The van der Waals surface area contributed by atoms with Gasteiger partial charge in [-0.25, -0.2) is 23.2 Å². The molecule has 1 aromatic carbocycles. The second-order valence-electron chi connectivity index (χ2n) is 9.77. The summed E-state index contributed by atoms with van der Waals surface area (Å²) in [5, 5.41) is 3.38. The van der Waals surface area contributed by atoms with Gasteiger partial charge in [-0.1, -0.05) is 11.6 Å². The van der Waals surface area contributed by atoms with Crippen molar-refractivity contribution < 1.29 is 22.7 Å². The minimum absolute atomic E-state index is 0.0661. The van der Waals surface area contributed by atoms with Crippen molar-refractivity contribution in [3.63, 3.8) is 0 Å². The predicted molar refractivity (Wildman–Crippen MR) is 129 cm³/mol. The van der Waals surface area contributed by atoms with Crippen LogP contribution in [0.2, 0.25) is 5.02 Å². The molecule has 2 bridgehead atoms. The molecule has 2 aliphatic rings. The average molecular weight is 509 g/mol. The maximum absolute atomic E-state index is 12.7. The Balaban J connectivity index is 1.50. The first kappa shape index (κ1) is 24.5. The van der Waals surface area contributed by atoms with Gasteiger partial charge >= 0.3 is 6.09 Å². The van der Waals surface area contributed by atoms with E-state index >= 15 is 0 Å². The fourth-order valence-corrected chi connectivity index (χ4v) is 5.38. The number of halogens is 1. The molecule has 2 aliphatic heterocycles. The van der Waals surface area contributed by atoms with Crippen molar-refractivity contribution in [2.45, 2.75) is 75.6 Å². The number of sulfone groups is 1. The van der Waals surface area contributed by atoms with Crippen LogP contribution in [0.3, 0.4) is 0 Å². The Labute approximate surface area is 204 Å². The van der Waals surface area contributed by atoms with Gasteiger partial charge in [0.25, 0.3) is 0 Å². The van der Waals surface area contributed by atoms with Gasteiger partial charge in [0, 0.05) is 18.7 Å². The van der Waals surface area contributed by atoms with Crippen LogP contribution >= 0.6 is 11.6 Å². The van der Waals surface area contributed by atoms with Gasteiger partial charge in [-0.2, -0.15) is 0 Å². The molecule has 1 amide bonds. The van der Waals surface area contributed by atoms with Crippen LogP contribution in [0, 0.1) is 6.92 Å². The quantitative estimate of drug-likeness (QED) is 0.628. The number of fused-ring (bicyclic) bond motifs is 2. The van der Waals surface area contributed by atoms with Crippen LogP contribution in [0.1, 0.15) is 45.6 Å². The SMILES string of the molecule is Cc1c(Nc2ccc(S(C)(=O)=O)cc2Cl)ncnc1O[C@H]1CC2CCC1N2C(=O)OC(C)(C)C.